The Labute approximate surface area is 203 Å². The second-order valence-electron chi connectivity index (χ2n) is 9.74. The van der Waals surface area contributed by atoms with Gasteiger partial charge in [-0.25, -0.2) is 9.59 Å². The average Bonchev–Trinajstić information content (AvgIpc) is 3.57. The zero-order valence-electron chi connectivity index (χ0n) is 19.4. The largest absolute Gasteiger partial charge is 0.480 e. The lowest BCUT2D eigenvalue weighted by Gasteiger charge is -2.27. The van der Waals surface area contributed by atoms with Gasteiger partial charge in [-0.1, -0.05) is 55.0 Å². The molecule has 5 rings (SSSR count). The first-order valence-corrected chi connectivity index (χ1v) is 12.2. The van der Waals surface area contributed by atoms with Crippen LogP contribution in [-0.2, 0) is 14.3 Å². The number of benzene rings is 2. The summed E-state index contributed by atoms with van der Waals surface area (Å²) in [5.41, 5.74) is 4.61. The van der Waals surface area contributed by atoms with Crippen LogP contribution in [0, 0.1) is 11.8 Å². The number of aliphatic hydroxyl groups is 1. The summed E-state index contributed by atoms with van der Waals surface area (Å²) in [5.74, 6) is -1.82. The minimum atomic E-state index is -1.10. The van der Waals surface area contributed by atoms with E-state index in [4.69, 9.17) is 4.74 Å². The molecule has 4 atom stereocenters. The van der Waals surface area contributed by atoms with Crippen LogP contribution in [0.3, 0.4) is 0 Å². The van der Waals surface area contributed by atoms with E-state index in [9.17, 15) is 24.6 Å². The first kappa shape index (κ1) is 23.4. The number of carboxylic acid groups (broad SMARTS) is 1. The maximum Gasteiger partial charge on any atom is 0.407 e. The van der Waals surface area contributed by atoms with Crippen molar-refractivity contribution in [2.24, 2.45) is 11.8 Å². The molecule has 2 aromatic rings. The maximum atomic E-state index is 13.1. The first-order valence-electron chi connectivity index (χ1n) is 12.2. The predicted molar refractivity (Wildman–Crippen MR) is 128 cm³/mol. The van der Waals surface area contributed by atoms with E-state index < -0.39 is 24.2 Å². The molecule has 2 unspecified atom stereocenters. The summed E-state index contributed by atoms with van der Waals surface area (Å²) in [4.78, 5) is 38.5. The number of nitrogens with one attached hydrogen (secondary N) is 1. The maximum absolute atomic E-state index is 13.1. The number of carbonyl (C=O) groups is 3. The first-order chi connectivity index (χ1) is 16.9. The Hall–Kier alpha value is -3.39. The fourth-order valence-corrected chi connectivity index (χ4v) is 5.97. The minimum absolute atomic E-state index is 0.0245. The Kier molecular flexibility index (Phi) is 6.47. The molecule has 2 aromatic carbocycles. The van der Waals surface area contributed by atoms with Crippen molar-refractivity contribution in [1.29, 1.82) is 0 Å². The number of β-amino-alcohol motifs (C(OH)–C–C–N with tert-alkyl or cyclic N) is 1. The molecule has 3 aliphatic rings. The molecule has 2 aliphatic carbocycles. The summed E-state index contributed by atoms with van der Waals surface area (Å²) < 4.78 is 5.60. The highest BCUT2D eigenvalue weighted by Crippen LogP contribution is 2.44. The van der Waals surface area contributed by atoms with Crippen LogP contribution in [0.25, 0.3) is 11.1 Å². The molecular formula is C27H30N2O6. The number of aliphatic hydroxyl groups excluding tert-OH is 1. The Morgan fingerprint density at radius 1 is 1.00 bits per heavy atom. The van der Waals surface area contributed by atoms with Crippen molar-refractivity contribution < 1.29 is 29.3 Å². The molecule has 0 radical (unpaired) electrons. The standard InChI is InChI=1S/C27H30N2O6/c30-17-12-24(26(32)33)29(14-17)25(31)18-11-5-6-16(18)13-28-27(34)35-15-23-21-9-3-1-7-19(21)20-8-2-4-10-22(20)23/h1-4,7-10,16-18,23-24,30H,5-6,11-15H2,(H,28,34)(H,32,33)/t16?,17-,18?,24+/m1/s1. The van der Waals surface area contributed by atoms with Crippen LogP contribution in [-0.4, -0.2) is 64.9 Å². The third-order valence-electron chi connectivity index (χ3n) is 7.68. The number of alkyl carbamates (subject to hydrolysis) is 1. The molecule has 1 saturated heterocycles. The molecule has 0 aromatic heterocycles. The van der Waals surface area contributed by atoms with Crippen LogP contribution < -0.4 is 5.32 Å². The lowest BCUT2D eigenvalue weighted by atomic mass is 9.94. The number of amides is 2. The van der Waals surface area contributed by atoms with Crippen molar-refractivity contribution in [3.05, 3.63) is 59.7 Å². The second kappa shape index (κ2) is 9.70. The van der Waals surface area contributed by atoms with Gasteiger partial charge < -0.3 is 25.2 Å². The van der Waals surface area contributed by atoms with Crippen molar-refractivity contribution >= 4 is 18.0 Å². The lowest BCUT2D eigenvalue weighted by molar-refractivity contribution is -0.150. The summed E-state index contributed by atoms with van der Waals surface area (Å²) in [7, 11) is 0. The van der Waals surface area contributed by atoms with Crippen LogP contribution >= 0.6 is 0 Å². The van der Waals surface area contributed by atoms with Gasteiger partial charge in [-0.2, -0.15) is 0 Å². The van der Waals surface area contributed by atoms with Crippen LogP contribution in [0.1, 0.15) is 42.7 Å². The van der Waals surface area contributed by atoms with Crippen molar-refractivity contribution in [1.82, 2.24) is 10.2 Å². The average molecular weight is 479 g/mol. The van der Waals surface area contributed by atoms with Gasteiger partial charge in [0.2, 0.25) is 5.91 Å². The van der Waals surface area contributed by atoms with Gasteiger partial charge in [0.15, 0.2) is 0 Å². The van der Waals surface area contributed by atoms with Crippen molar-refractivity contribution in [2.75, 3.05) is 19.7 Å². The van der Waals surface area contributed by atoms with E-state index in [0.29, 0.717) is 13.0 Å². The van der Waals surface area contributed by atoms with Gasteiger partial charge in [0.25, 0.3) is 0 Å². The summed E-state index contributed by atoms with van der Waals surface area (Å²) in [6.07, 6.45) is 0.963. The van der Waals surface area contributed by atoms with Gasteiger partial charge in [-0.15, -0.1) is 0 Å². The van der Waals surface area contributed by atoms with Crippen LogP contribution in [0.2, 0.25) is 0 Å². The number of ether oxygens (including phenoxy) is 1. The summed E-state index contributed by atoms with van der Waals surface area (Å²) in [5, 5.41) is 22.1. The number of rotatable bonds is 6. The number of nitrogens with zero attached hydrogens (tertiary/aromatic N) is 1. The highest BCUT2D eigenvalue weighted by Gasteiger charge is 2.44. The van der Waals surface area contributed by atoms with E-state index in [2.05, 4.69) is 29.6 Å². The van der Waals surface area contributed by atoms with E-state index in [1.807, 2.05) is 24.3 Å². The van der Waals surface area contributed by atoms with Gasteiger partial charge in [0.05, 0.1) is 6.10 Å². The molecular weight excluding hydrogens is 448 g/mol. The number of aliphatic carboxylic acids is 1. The zero-order chi connectivity index (χ0) is 24.5. The number of carbonyl (C=O) groups excluding carboxylic acids is 2. The zero-order valence-corrected chi connectivity index (χ0v) is 19.4. The molecule has 1 heterocycles. The molecule has 2 amide bonds. The van der Waals surface area contributed by atoms with Crippen LogP contribution in [0.15, 0.2) is 48.5 Å². The molecule has 1 saturated carbocycles. The van der Waals surface area contributed by atoms with Gasteiger partial charge in [0, 0.05) is 31.3 Å². The monoisotopic (exact) mass is 478 g/mol. The number of hydrogen-bond acceptors (Lipinski definition) is 5. The molecule has 8 nitrogen and oxygen atoms in total. The van der Waals surface area contributed by atoms with Crippen molar-refractivity contribution in [3.8, 4) is 11.1 Å². The lowest BCUT2D eigenvalue weighted by Crippen LogP contribution is -2.45. The molecule has 8 heteroatoms. The highest BCUT2D eigenvalue weighted by molar-refractivity contribution is 5.86. The molecule has 3 N–H and O–H groups in total. The number of carboxylic acids is 1. The van der Waals surface area contributed by atoms with Gasteiger partial charge in [-0.3, -0.25) is 4.79 Å². The SMILES string of the molecule is O=C(NCC1CCCC1C(=O)N1C[C@H](O)C[C@H]1C(=O)O)OCC1c2ccccc2-c2ccccc21. The molecule has 35 heavy (non-hydrogen) atoms. The van der Waals surface area contributed by atoms with Crippen molar-refractivity contribution in [3.63, 3.8) is 0 Å². The fraction of sp³-hybridized carbons (Fsp3) is 0.444. The quantitative estimate of drug-likeness (QED) is 0.588. The second-order valence-corrected chi connectivity index (χ2v) is 9.74. The molecule has 2 fully saturated rings. The van der Waals surface area contributed by atoms with E-state index in [-0.39, 0.29) is 43.2 Å². The third kappa shape index (κ3) is 4.50. The summed E-state index contributed by atoms with van der Waals surface area (Å²) in [6, 6.07) is 15.3. The third-order valence-corrected chi connectivity index (χ3v) is 7.68. The van der Waals surface area contributed by atoms with Gasteiger partial charge in [0.1, 0.15) is 12.6 Å². The Bertz CT molecular complexity index is 1090. The summed E-state index contributed by atoms with van der Waals surface area (Å²) >= 11 is 0. The van der Waals surface area contributed by atoms with Crippen LogP contribution in [0.5, 0.6) is 0 Å². The van der Waals surface area contributed by atoms with Gasteiger partial charge in [-0.05, 0) is 41.0 Å². The van der Waals surface area contributed by atoms with E-state index in [1.54, 1.807) is 0 Å². The normalized spacial score (nSPS) is 25.2. The number of likely N-dealkylation sites (tertiary alicyclic amines) is 1. The Balaban J connectivity index is 1.17. The van der Waals surface area contributed by atoms with Crippen LogP contribution in [0.4, 0.5) is 4.79 Å². The molecule has 184 valence electrons. The highest BCUT2D eigenvalue weighted by atomic mass is 16.5. The number of hydrogen-bond donors (Lipinski definition) is 3. The Morgan fingerprint density at radius 3 is 2.31 bits per heavy atom. The topological polar surface area (TPSA) is 116 Å². The fourth-order valence-electron chi connectivity index (χ4n) is 5.97. The smallest absolute Gasteiger partial charge is 0.407 e. The minimum Gasteiger partial charge on any atom is -0.480 e. The molecule has 0 bridgehead atoms. The summed E-state index contributed by atoms with van der Waals surface area (Å²) in [6.45, 7) is 0.554. The number of fused-ring (bicyclic) bond motifs is 3. The molecule has 1 aliphatic heterocycles. The van der Waals surface area contributed by atoms with E-state index in [1.165, 1.54) is 4.90 Å². The Morgan fingerprint density at radius 2 is 1.66 bits per heavy atom. The van der Waals surface area contributed by atoms with E-state index in [0.717, 1.165) is 35.1 Å². The van der Waals surface area contributed by atoms with E-state index >= 15 is 0 Å². The molecule has 0 spiro atoms. The van der Waals surface area contributed by atoms with Gasteiger partial charge >= 0.3 is 12.1 Å². The predicted octanol–water partition coefficient (Wildman–Crippen LogP) is 2.99. The van der Waals surface area contributed by atoms with Crippen molar-refractivity contribution in [2.45, 2.75) is 43.7 Å².